The van der Waals surface area contributed by atoms with E-state index in [0.717, 1.165) is 0 Å². The van der Waals surface area contributed by atoms with Crippen LogP contribution in [0.2, 0.25) is 0 Å². The lowest BCUT2D eigenvalue weighted by Gasteiger charge is -2.48. The van der Waals surface area contributed by atoms with Crippen LogP contribution in [0.5, 0.6) is 0 Å². The SMILES string of the molecule is CNC[C@H]1O[C@H](O[C@H]2[C@H](O[C@@H]3O[C@H](CO)[C@@H](O[C@H]4O[C@@H](CN)[C@@H](O)[C@H](O)[C@H]4N)[C@H]3O)[C@@H](O)[C@H](NC(=O)[C@@H](O)C(F)(F)CN)C[C@@H]2N)[C@H](N)[C@@H](O)[C@@H]1O. The number of carbonyl (C=O) groups is 1. The van der Waals surface area contributed by atoms with Crippen molar-refractivity contribution in [1.29, 1.82) is 0 Å². The van der Waals surface area contributed by atoms with E-state index < -0.39 is 147 Å². The molecule has 24 heteroatoms. The first-order valence-electron chi connectivity index (χ1n) is 16.7. The fourth-order valence-electron chi connectivity index (χ4n) is 6.59. The molecule has 20 N–H and O–H groups in total. The van der Waals surface area contributed by atoms with Gasteiger partial charge in [-0.2, -0.15) is 0 Å². The molecule has 3 heterocycles. The van der Waals surface area contributed by atoms with Crippen molar-refractivity contribution in [3.8, 4) is 0 Å². The number of nitrogens with two attached hydrogens (primary N) is 5. The van der Waals surface area contributed by atoms with E-state index >= 15 is 0 Å². The largest absolute Gasteiger partial charge is 0.394 e. The van der Waals surface area contributed by atoms with E-state index in [-0.39, 0.29) is 19.5 Å². The first-order chi connectivity index (χ1) is 24.4. The Labute approximate surface area is 296 Å². The van der Waals surface area contributed by atoms with Crippen LogP contribution in [0.1, 0.15) is 6.42 Å². The molecule has 0 aromatic heterocycles. The average molecular weight is 766 g/mol. The molecule has 4 aliphatic rings. The Kier molecular flexibility index (Phi) is 15.0. The van der Waals surface area contributed by atoms with Gasteiger partial charge in [-0.3, -0.25) is 4.79 Å². The number of rotatable bonds is 14. The maximum atomic E-state index is 14.0. The van der Waals surface area contributed by atoms with Crippen LogP contribution < -0.4 is 39.3 Å². The van der Waals surface area contributed by atoms with Crippen molar-refractivity contribution >= 4 is 5.91 Å². The fourth-order valence-corrected chi connectivity index (χ4v) is 6.59. The van der Waals surface area contributed by atoms with Crippen molar-refractivity contribution in [2.24, 2.45) is 28.7 Å². The molecule has 0 spiro atoms. The molecule has 0 aromatic rings. The number of amides is 1. The van der Waals surface area contributed by atoms with Crippen molar-refractivity contribution in [2.45, 2.75) is 135 Å². The summed E-state index contributed by atoms with van der Waals surface area (Å²) in [6.07, 6.45) is -26.0. The van der Waals surface area contributed by atoms with E-state index in [1.54, 1.807) is 7.05 Å². The lowest BCUT2D eigenvalue weighted by Crippen LogP contribution is -2.69. The van der Waals surface area contributed by atoms with Gasteiger partial charge < -0.3 is 109 Å². The van der Waals surface area contributed by atoms with Gasteiger partial charge in [0.25, 0.3) is 11.8 Å². The summed E-state index contributed by atoms with van der Waals surface area (Å²) in [5.41, 5.74) is 29.1. The molecule has 1 amide bonds. The van der Waals surface area contributed by atoms with Crippen molar-refractivity contribution in [3.05, 3.63) is 0 Å². The van der Waals surface area contributed by atoms with Crippen molar-refractivity contribution in [2.75, 3.05) is 33.3 Å². The molecule has 52 heavy (non-hydrogen) atoms. The quantitative estimate of drug-likeness (QED) is 0.0780. The number of alkyl halides is 2. The zero-order valence-electron chi connectivity index (χ0n) is 28.2. The predicted octanol–water partition coefficient (Wildman–Crippen LogP) is -9.52. The molecule has 3 aliphatic heterocycles. The van der Waals surface area contributed by atoms with Crippen LogP contribution in [0.4, 0.5) is 8.78 Å². The molecule has 3 saturated heterocycles. The molecule has 4 rings (SSSR count). The minimum absolute atomic E-state index is 0.0381. The molecule has 1 aliphatic carbocycles. The van der Waals surface area contributed by atoms with E-state index in [0.29, 0.717) is 0 Å². The lowest BCUT2D eigenvalue weighted by molar-refractivity contribution is -0.308. The number of halogens is 2. The Morgan fingerprint density at radius 2 is 1.31 bits per heavy atom. The third kappa shape index (κ3) is 8.97. The van der Waals surface area contributed by atoms with Gasteiger partial charge in [-0.1, -0.05) is 0 Å². The molecule has 20 atom stereocenters. The second-order valence-corrected chi connectivity index (χ2v) is 13.4. The molecule has 4 fully saturated rings. The fraction of sp³-hybridized carbons (Fsp3) is 0.964. The number of carbonyl (C=O) groups excluding carboxylic acids is 1. The van der Waals surface area contributed by atoms with Crippen LogP contribution in [0.15, 0.2) is 0 Å². The number of hydrogen-bond acceptors (Lipinski definition) is 21. The van der Waals surface area contributed by atoms with Crippen molar-refractivity contribution < 1.29 is 82.8 Å². The Morgan fingerprint density at radius 1 is 0.788 bits per heavy atom. The zero-order chi connectivity index (χ0) is 38.8. The highest BCUT2D eigenvalue weighted by molar-refractivity contribution is 5.82. The monoisotopic (exact) mass is 765 g/mol. The normalized spacial score (nSPS) is 46.6. The minimum atomic E-state index is -4.03. The number of aliphatic hydroxyl groups excluding tert-OH is 8. The summed E-state index contributed by atoms with van der Waals surface area (Å²) in [6, 6.07) is -5.47. The molecule has 0 radical (unpaired) electrons. The van der Waals surface area contributed by atoms with Crippen LogP contribution in [0.3, 0.4) is 0 Å². The second kappa shape index (κ2) is 18.0. The predicted molar refractivity (Wildman–Crippen MR) is 167 cm³/mol. The Hall–Kier alpha value is -1.47. The maximum Gasteiger partial charge on any atom is 0.294 e. The highest BCUT2D eigenvalue weighted by Gasteiger charge is 2.55. The van der Waals surface area contributed by atoms with Gasteiger partial charge in [0, 0.05) is 19.1 Å². The Morgan fingerprint density at radius 3 is 1.85 bits per heavy atom. The van der Waals surface area contributed by atoms with Crippen molar-refractivity contribution in [3.63, 3.8) is 0 Å². The van der Waals surface area contributed by atoms with Crippen LogP contribution in [-0.2, 0) is 33.2 Å². The highest BCUT2D eigenvalue weighted by atomic mass is 19.3. The third-order valence-electron chi connectivity index (χ3n) is 9.75. The first kappa shape index (κ1) is 43.3. The second-order valence-electron chi connectivity index (χ2n) is 13.4. The van der Waals surface area contributed by atoms with Gasteiger partial charge in [-0.15, -0.1) is 0 Å². The molecular weight excluding hydrogens is 712 g/mol. The summed E-state index contributed by atoms with van der Waals surface area (Å²) in [5.74, 6) is -5.64. The summed E-state index contributed by atoms with van der Waals surface area (Å²) in [4.78, 5) is 12.6. The van der Waals surface area contributed by atoms with Gasteiger partial charge in [-0.05, 0) is 13.5 Å². The topological polar surface area (TPSA) is 388 Å². The lowest BCUT2D eigenvalue weighted by atomic mass is 9.83. The molecule has 304 valence electrons. The van der Waals surface area contributed by atoms with Gasteiger partial charge in [0.15, 0.2) is 25.0 Å². The maximum absolute atomic E-state index is 14.0. The molecule has 0 unspecified atom stereocenters. The zero-order valence-corrected chi connectivity index (χ0v) is 28.2. The molecular formula is C28H53F2N7O15. The van der Waals surface area contributed by atoms with Crippen molar-refractivity contribution in [1.82, 2.24) is 10.6 Å². The van der Waals surface area contributed by atoms with Crippen LogP contribution >= 0.6 is 0 Å². The van der Waals surface area contributed by atoms with Gasteiger partial charge in [0.1, 0.15) is 73.2 Å². The number of nitrogens with one attached hydrogen (secondary N) is 2. The van der Waals surface area contributed by atoms with Crippen LogP contribution in [-0.4, -0.2) is 208 Å². The number of aliphatic hydroxyl groups is 8. The van der Waals surface area contributed by atoms with Gasteiger partial charge >= 0.3 is 0 Å². The number of ether oxygens (including phenoxy) is 6. The summed E-state index contributed by atoms with van der Waals surface area (Å²) in [7, 11) is 1.55. The van der Waals surface area contributed by atoms with E-state index in [2.05, 4.69) is 10.6 Å². The molecule has 0 aromatic carbocycles. The molecule has 1 saturated carbocycles. The summed E-state index contributed by atoms with van der Waals surface area (Å²) >= 11 is 0. The first-order valence-corrected chi connectivity index (χ1v) is 16.7. The van der Waals surface area contributed by atoms with Crippen LogP contribution in [0.25, 0.3) is 0 Å². The summed E-state index contributed by atoms with van der Waals surface area (Å²) in [5, 5.41) is 89.4. The highest BCUT2D eigenvalue weighted by Crippen LogP contribution is 2.35. The average Bonchev–Trinajstić information content (AvgIpc) is 3.41. The minimum Gasteiger partial charge on any atom is -0.394 e. The summed E-state index contributed by atoms with van der Waals surface area (Å²) in [6.45, 7) is -2.37. The molecule has 22 nitrogen and oxygen atoms in total. The standard InChI is InChI=1S/C28H53F2N7O15/c1-36-4-10-16(41)18(43)13(35)26(48-10)50-20-7(33)2-8(37-24(46)23(45)28(29,30)6-32)14(39)22(20)52-27-19(44)21(11(5-38)49-27)51-25-12(34)17(42)15(40)9(3-31)47-25/h7-23,25-27,36,38-45H,2-6,31-35H2,1H3,(H,37,46)/t7-,8+,9-,10+,11+,12+,13+,14-,15+,16+,17+,18+,19+,20+,21+,22+,23+,25+,26+,27-/m0/s1. The number of likely N-dealkylation sites (N-methyl/N-ethyl adjacent to an activating group) is 1. The molecule has 0 bridgehead atoms. The van der Waals surface area contributed by atoms with E-state index in [1.165, 1.54) is 0 Å². The van der Waals surface area contributed by atoms with Gasteiger partial charge in [0.2, 0.25) is 0 Å². The van der Waals surface area contributed by atoms with Crippen LogP contribution in [0, 0.1) is 0 Å². The van der Waals surface area contributed by atoms with E-state index in [1.807, 2.05) is 0 Å². The van der Waals surface area contributed by atoms with E-state index in [9.17, 15) is 54.4 Å². The van der Waals surface area contributed by atoms with E-state index in [4.69, 9.17) is 57.1 Å². The smallest absolute Gasteiger partial charge is 0.294 e. The third-order valence-corrected chi connectivity index (χ3v) is 9.75. The number of hydrogen-bond donors (Lipinski definition) is 15. The summed E-state index contributed by atoms with van der Waals surface area (Å²) < 4.78 is 62.9. The van der Waals surface area contributed by atoms with Gasteiger partial charge in [-0.25, -0.2) is 8.78 Å². The van der Waals surface area contributed by atoms with Gasteiger partial charge in [0.05, 0.1) is 31.3 Å². The Bertz CT molecular complexity index is 1160. The Balaban J connectivity index is 1.59.